The number of pyridine rings is 1. The molecule has 0 spiro atoms. The number of anilines is 3. The molecule has 0 aliphatic carbocycles. The van der Waals surface area contributed by atoms with Gasteiger partial charge in [-0.25, -0.2) is 18.4 Å². The molecule has 32 heavy (non-hydrogen) atoms. The first-order chi connectivity index (χ1) is 15.4. The van der Waals surface area contributed by atoms with Gasteiger partial charge in [0.15, 0.2) is 5.71 Å². The number of sulfonamides is 1. The molecule has 1 amide bonds. The van der Waals surface area contributed by atoms with Crippen molar-refractivity contribution >= 4 is 60.4 Å². The number of hydrazone groups is 1. The molecular formula is C21H16N6O3S2. The molecule has 3 heterocycles. The summed E-state index contributed by atoms with van der Waals surface area (Å²) in [5.74, 6) is 0.00479. The highest BCUT2D eigenvalue weighted by molar-refractivity contribution is 7.92. The van der Waals surface area contributed by atoms with E-state index in [0.29, 0.717) is 5.69 Å². The van der Waals surface area contributed by atoms with Crippen LogP contribution in [0.3, 0.4) is 0 Å². The normalized spacial score (nSPS) is 14.7. The number of nitrogens with zero attached hydrogens (tertiary/aromatic N) is 4. The summed E-state index contributed by atoms with van der Waals surface area (Å²) in [4.78, 5) is 22.7. The molecule has 5 rings (SSSR count). The van der Waals surface area contributed by atoms with Crippen LogP contribution in [0.5, 0.6) is 0 Å². The average Bonchev–Trinajstić information content (AvgIpc) is 3.36. The maximum Gasteiger partial charge on any atom is 0.279 e. The van der Waals surface area contributed by atoms with Crippen LogP contribution < -0.4 is 15.0 Å². The van der Waals surface area contributed by atoms with Gasteiger partial charge in [-0.3, -0.25) is 14.9 Å². The van der Waals surface area contributed by atoms with Gasteiger partial charge >= 0.3 is 0 Å². The van der Waals surface area contributed by atoms with E-state index in [1.807, 2.05) is 12.1 Å². The van der Waals surface area contributed by atoms with Crippen LogP contribution in [0.15, 0.2) is 76.3 Å². The lowest BCUT2D eigenvalue weighted by molar-refractivity contribution is -0.111. The summed E-state index contributed by atoms with van der Waals surface area (Å²) in [6, 6.07) is 14.7. The standard InChI is InChI=1S/C21H16N6O3S2/c1-27-16-10-9-15-20(31-12-23-15)18(16)19(21(27)28)25-24-13-5-7-14(8-6-13)32(29,30)26-17-4-2-3-11-22-17/h2-12,24H,1H3,(H,22,26)/b25-19-. The van der Waals surface area contributed by atoms with Gasteiger partial charge in [-0.05, 0) is 48.5 Å². The molecular weight excluding hydrogens is 448 g/mol. The van der Waals surface area contributed by atoms with Crippen LogP contribution >= 0.6 is 11.3 Å². The largest absolute Gasteiger partial charge is 0.309 e. The quantitative estimate of drug-likeness (QED) is 0.438. The molecule has 1 aliphatic rings. The van der Waals surface area contributed by atoms with Crippen molar-refractivity contribution in [3.8, 4) is 0 Å². The van der Waals surface area contributed by atoms with Gasteiger partial charge in [0.1, 0.15) is 5.82 Å². The smallest absolute Gasteiger partial charge is 0.279 e. The molecule has 0 radical (unpaired) electrons. The van der Waals surface area contributed by atoms with E-state index in [0.717, 1.165) is 21.5 Å². The predicted molar refractivity (Wildman–Crippen MR) is 125 cm³/mol. The number of nitrogens with one attached hydrogen (secondary N) is 2. The van der Waals surface area contributed by atoms with Crippen molar-refractivity contribution in [1.82, 2.24) is 9.97 Å². The number of carbonyl (C=O) groups excluding carboxylic acids is 1. The molecule has 1 aliphatic heterocycles. The third-order valence-electron chi connectivity index (χ3n) is 4.95. The summed E-state index contributed by atoms with van der Waals surface area (Å²) in [6.07, 6.45) is 1.50. The molecule has 4 aromatic rings. The Labute approximate surface area is 187 Å². The number of amides is 1. The number of hydrogen-bond acceptors (Lipinski definition) is 8. The number of aromatic nitrogens is 2. The summed E-state index contributed by atoms with van der Waals surface area (Å²) < 4.78 is 28.4. The van der Waals surface area contributed by atoms with E-state index in [1.54, 1.807) is 47.8 Å². The summed E-state index contributed by atoms with van der Waals surface area (Å²) in [6.45, 7) is 0. The van der Waals surface area contributed by atoms with Crippen LogP contribution in [0.2, 0.25) is 0 Å². The molecule has 0 saturated carbocycles. The van der Waals surface area contributed by atoms with Gasteiger partial charge in [0, 0.05) is 13.2 Å². The molecule has 0 saturated heterocycles. The van der Waals surface area contributed by atoms with Crippen molar-refractivity contribution in [1.29, 1.82) is 0 Å². The third kappa shape index (κ3) is 3.47. The first kappa shape index (κ1) is 20.1. The van der Waals surface area contributed by atoms with Gasteiger partial charge in [0.05, 0.1) is 37.6 Å². The maximum absolute atomic E-state index is 12.8. The predicted octanol–water partition coefficient (Wildman–Crippen LogP) is 3.28. The van der Waals surface area contributed by atoms with Crippen LogP contribution in [-0.4, -0.2) is 37.1 Å². The van der Waals surface area contributed by atoms with Crippen molar-refractivity contribution in [2.24, 2.45) is 5.10 Å². The highest BCUT2D eigenvalue weighted by Crippen LogP contribution is 2.36. The van der Waals surface area contributed by atoms with Gasteiger partial charge < -0.3 is 4.90 Å². The summed E-state index contributed by atoms with van der Waals surface area (Å²) in [5, 5.41) is 4.33. The van der Waals surface area contributed by atoms with E-state index >= 15 is 0 Å². The second-order valence-electron chi connectivity index (χ2n) is 6.94. The van der Waals surface area contributed by atoms with Gasteiger partial charge in [-0.2, -0.15) is 5.10 Å². The number of hydrogen-bond donors (Lipinski definition) is 2. The Kier molecular flexibility index (Phi) is 4.83. The van der Waals surface area contributed by atoms with Crippen LogP contribution in [0.1, 0.15) is 5.56 Å². The molecule has 2 N–H and O–H groups in total. The first-order valence-electron chi connectivity index (χ1n) is 9.46. The number of rotatable bonds is 5. The Morgan fingerprint density at radius 1 is 1.03 bits per heavy atom. The van der Waals surface area contributed by atoms with Crippen LogP contribution in [0, 0.1) is 0 Å². The van der Waals surface area contributed by atoms with Gasteiger partial charge in [-0.15, -0.1) is 11.3 Å². The molecule has 160 valence electrons. The summed E-state index contributed by atoms with van der Waals surface area (Å²) >= 11 is 1.45. The number of fused-ring (bicyclic) bond motifs is 3. The van der Waals surface area contributed by atoms with E-state index in [1.165, 1.54) is 29.7 Å². The molecule has 9 nitrogen and oxygen atoms in total. The van der Waals surface area contributed by atoms with Gasteiger partial charge in [0.2, 0.25) is 0 Å². The van der Waals surface area contributed by atoms with Crippen molar-refractivity contribution in [2.45, 2.75) is 4.90 Å². The molecule has 0 fully saturated rings. The minimum atomic E-state index is -3.78. The van der Waals surface area contributed by atoms with Crippen LogP contribution in [0.25, 0.3) is 10.2 Å². The molecule has 2 aromatic carbocycles. The van der Waals surface area contributed by atoms with E-state index in [-0.39, 0.29) is 22.3 Å². The number of benzene rings is 2. The molecule has 0 atom stereocenters. The lowest BCUT2D eigenvalue weighted by Crippen LogP contribution is -2.26. The number of likely N-dealkylation sites (N-methyl/N-ethyl adjacent to an activating group) is 1. The zero-order chi connectivity index (χ0) is 22.3. The van der Waals surface area contributed by atoms with Crippen molar-refractivity contribution in [3.63, 3.8) is 0 Å². The topological polar surface area (TPSA) is 117 Å². The lowest BCUT2D eigenvalue weighted by Gasteiger charge is -2.08. The fourth-order valence-corrected chi connectivity index (χ4v) is 5.19. The summed E-state index contributed by atoms with van der Waals surface area (Å²) in [7, 11) is -2.08. The van der Waals surface area contributed by atoms with E-state index < -0.39 is 10.0 Å². The molecule has 0 unspecified atom stereocenters. The molecule has 11 heteroatoms. The Morgan fingerprint density at radius 2 is 1.84 bits per heavy atom. The fraction of sp³-hybridized carbons (Fsp3) is 0.0476. The molecule has 0 bridgehead atoms. The minimum absolute atomic E-state index is 0.0785. The van der Waals surface area contributed by atoms with Crippen molar-refractivity contribution in [3.05, 3.63) is 71.9 Å². The number of thiazole rings is 1. The highest BCUT2D eigenvalue weighted by atomic mass is 32.2. The zero-order valence-electron chi connectivity index (χ0n) is 16.7. The number of carbonyl (C=O) groups is 1. The lowest BCUT2D eigenvalue weighted by atomic mass is 10.1. The summed E-state index contributed by atoms with van der Waals surface area (Å²) in [5.41, 5.74) is 7.73. The average molecular weight is 465 g/mol. The monoisotopic (exact) mass is 464 g/mol. The van der Waals surface area contributed by atoms with Gasteiger partial charge in [0.25, 0.3) is 15.9 Å². The van der Waals surface area contributed by atoms with Crippen molar-refractivity contribution in [2.75, 3.05) is 22.1 Å². The third-order valence-corrected chi connectivity index (χ3v) is 7.18. The Balaban J connectivity index is 1.40. The van der Waals surface area contributed by atoms with Crippen molar-refractivity contribution < 1.29 is 13.2 Å². The second kappa shape index (κ2) is 7.70. The Morgan fingerprint density at radius 3 is 2.59 bits per heavy atom. The fourth-order valence-electron chi connectivity index (χ4n) is 3.35. The Hall–Kier alpha value is -3.83. The van der Waals surface area contributed by atoms with E-state index in [9.17, 15) is 13.2 Å². The Bertz CT molecular complexity index is 1460. The van der Waals surface area contributed by atoms with Crippen LogP contribution in [-0.2, 0) is 14.8 Å². The second-order valence-corrected chi connectivity index (χ2v) is 9.48. The van der Waals surface area contributed by atoms with E-state index in [4.69, 9.17) is 0 Å². The van der Waals surface area contributed by atoms with Crippen LogP contribution in [0.4, 0.5) is 17.2 Å². The highest BCUT2D eigenvalue weighted by Gasteiger charge is 2.34. The van der Waals surface area contributed by atoms with E-state index in [2.05, 4.69) is 25.2 Å². The zero-order valence-corrected chi connectivity index (χ0v) is 18.3. The SMILES string of the molecule is CN1C(=O)/C(=N\Nc2ccc(S(=O)(=O)Nc3ccccn3)cc2)c2c1ccc1ncsc21. The maximum atomic E-state index is 12.8. The molecule has 2 aromatic heterocycles. The first-order valence-corrected chi connectivity index (χ1v) is 11.8. The van der Waals surface area contributed by atoms with Gasteiger partial charge in [-0.1, -0.05) is 6.07 Å². The minimum Gasteiger partial charge on any atom is -0.309 e.